The molecule has 0 aliphatic carbocycles. The molecule has 2 aromatic rings. The van der Waals surface area contributed by atoms with E-state index in [1.54, 1.807) is 0 Å². The number of benzene rings is 2. The molecule has 174 valence electrons. The van der Waals surface area contributed by atoms with Crippen LogP contribution in [0.15, 0.2) is 47.5 Å². The lowest BCUT2D eigenvalue weighted by Gasteiger charge is -2.22. The van der Waals surface area contributed by atoms with Gasteiger partial charge in [-0.3, -0.25) is 0 Å². The van der Waals surface area contributed by atoms with Crippen molar-refractivity contribution in [2.45, 2.75) is 45.7 Å². The smallest absolute Gasteiger partial charge is 0.192 e. The second kappa shape index (κ2) is 12.2. The highest BCUT2D eigenvalue weighted by Gasteiger charge is 2.15. The molecule has 2 N–H and O–H groups in total. The number of halogens is 1. The van der Waals surface area contributed by atoms with Crippen molar-refractivity contribution in [3.8, 4) is 11.5 Å². The average Bonchev–Trinajstić information content (AvgIpc) is 3.23. The van der Waals surface area contributed by atoms with Gasteiger partial charge in [0.25, 0.3) is 0 Å². The van der Waals surface area contributed by atoms with E-state index in [1.807, 2.05) is 12.1 Å². The van der Waals surface area contributed by atoms with Crippen LogP contribution in [-0.2, 0) is 6.54 Å². The van der Waals surface area contributed by atoms with Crippen LogP contribution >= 0.6 is 24.0 Å². The summed E-state index contributed by atoms with van der Waals surface area (Å²) < 4.78 is 11.5. The first-order valence-electron chi connectivity index (χ1n) is 11.5. The number of nitrogens with one attached hydrogen (secondary N) is 2. The summed E-state index contributed by atoms with van der Waals surface area (Å²) in [4.78, 5) is 7.28. The first-order chi connectivity index (χ1) is 15.2. The Balaban J connectivity index is 0.00000289. The normalized spacial score (nSPS) is 16.7. The molecule has 0 saturated carbocycles. The molecular weight excluding hydrogens is 515 g/mol. The monoisotopic (exact) mass is 550 g/mol. The maximum absolute atomic E-state index is 5.81. The van der Waals surface area contributed by atoms with Crippen LogP contribution in [0.25, 0.3) is 0 Å². The molecule has 32 heavy (non-hydrogen) atoms. The third kappa shape index (κ3) is 6.43. The van der Waals surface area contributed by atoms with Crippen LogP contribution < -0.4 is 25.0 Å². The van der Waals surface area contributed by atoms with Gasteiger partial charge in [0.15, 0.2) is 17.5 Å². The summed E-state index contributed by atoms with van der Waals surface area (Å²) in [6, 6.07) is 15.1. The molecule has 4 rings (SSSR count). The Kier molecular flexibility index (Phi) is 9.32. The van der Waals surface area contributed by atoms with Crippen LogP contribution in [0.4, 0.5) is 5.69 Å². The second-order valence-corrected chi connectivity index (χ2v) is 8.18. The van der Waals surface area contributed by atoms with E-state index in [1.165, 1.54) is 24.1 Å². The number of ether oxygens (including phenoxy) is 2. The predicted octanol–water partition coefficient (Wildman–Crippen LogP) is 4.88. The number of guanidine groups is 1. The Bertz CT molecular complexity index is 899. The zero-order valence-electron chi connectivity index (χ0n) is 19.1. The Morgan fingerprint density at radius 1 is 1.03 bits per heavy atom. The van der Waals surface area contributed by atoms with Gasteiger partial charge in [0.05, 0.1) is 25.8 Å². The van der Waals surface area contributed by atoms with Gasteiger partial charge in [-0.25, -0.2) is 4.99 Å². The van der Waals surface area contributed by atoms with Crippen molar-refractivity contribution in [3.63, 3.8) is 0 Å². The average molecular weight is 550 g/mol. The zero-order valence-corrected chi connectivity index (χ0v) is 21.4. The molecule has 2 aliphatic heterocycles. The molecule has 1 saturated heterocycles. The number of anilines is 1. The van der Waals surface area contributed by atoms with E-state index >= 15 is 0 Å². The van der Waals surface area contributed by atoms with Gasteiger partial charge in [0.2, 0.25) is 0 Å². The molecule has 7 heteroatoms. The minimum Gasteiger partial charge on any atom is -0.490 e. The summed E-state index contributed by atoms with van der Waals surface area (Å²) in [5, 5.41) is 6.93. The van der Waals surface area contributed by atoms with Gasteiger partial charge in [-0.05, 0) is 62.1 Å². The van der Waals surface area contributed by atoms with Crippen LogP contribution in [-0.4, -0.2) is 38.8 Å². The van der Waals surface area contributed by atoms with Crippen LogP contribution in [0.3, 0.4) is 0 Å². The predicted molar refractivity (Wildman–Crippen MR) is 142 cm³/mol. The minimum atomic E-state index is 0. The summed E-state index contributed by atoms with van der Waals surface area (Å²) in [5.41, 5.74) is 3.69. The topological polar surface area (TPSA) is 58.1 Å². The van der Waals surface area contributed by atoms with Gasteiger partial charge in [-0.15, -0.1) is 24.0 Å². The highest BCUT2D eigenvalue weighted by molar-refractivity contribution is 14.0. The molecule has 2 aromatic carbocycles. The standard InChI is InChI=1S/C25H34N4O2.HI/c1-3-26-25(27-18-20-10-11-23-24(16-20)31-15-7-14-30-23)28-19(2)21-8-6-9-22(17-21)29-12-4-5-13-29;/h6,8-11,16-17,19H,3-5,7,12-15,18H2,1-2H3,(H2,26,27,28);1H. The maximum atomic E-state index is 5.81. The van der Waals surface area contributed by atoms with E-state index in [2.05, 4.69) is 59.7 Å². The SMILES string of the molecule is CCNC(=NCc1ccc2c(c1)OCCCO2)NC(C)c1cccc(N2CCCC2)c1.I. The van der Waals surface area contributed by atoms with E-state index < -0.39 is 0 Å². The fraction of sp³-hybridized carbons (Fsp3) is 0.480. The Morgan fingerprint density at radius 3 is 2.59 bits per heavy atom. The molecule has 0 radical (unpaired) electrons. The number of rotatable bonds is 6. The fourth-order valence-electron chi connectivity index (χ4n) is 4.05. The number of aliphatic imine (C=N–C) groups is 1. The van der Waals surface area contributed by atoms with Gasteiger partial charge >= 0.3 is 0 Å². The first-order valence-corrected chi connectivity index (χ1v) is 11.5. The van der Waals surface area contributed by atoms with Gasteiger partial charge in [0.1, 0.15) is 0 Å². The summed E-state index contributed by atoms with van der Waals surface area (Å²) in [6.07, 6.45) is 3.48. The Morgan fingerprint density at radius 2 is 1.81 bits per heavy atom. The summed E-state index contributed by atoms with van der Waals surface area (Å²) in [6.45, 7) is 9.37. The van der Waals surface area contributed by atoms with Crippen LogP contribution in [0.5, 0.6) is 11.5 Å². The zero-order chi connectivity index (χ0) is 21.5. The summed E-state index contributed by atoms with van der Waals surface area (Å²) >= 11 is 0. The van der Waals surface area contributed by atoms with Gasteiger partial charge in [0, 0.05) is 31.7 Å². The van der Waals surface area contributed by atoms with Crippen LogP contribution in [0, 0.1) is 0 Å². The molecule has 6 nitrogen and oxygen atoms in total. The van der Waals surface area contributed by atoms with E-state index in [0.29, 0.717) is 19.8 Å². The highest BCUT2D eigenvalue weighted by Crippen LogP contribution is 2.30. The van der Waals surface area contributed by atoms with Crippen molar-refractivity contribution in [1.29, 1.82) is 0 Å². The lowest BCUT2D eigenvalue weighted by Crippen LogP contribution is -2.38. The van der Waals surface area contributed by atoms with Crippen molar-refractivity contribution in [2.24, 2.45) is 4.99 Å². The van der Waals surface area contributed by atoms with Crippen molar-refractivity contribution in [3.05, 3.63) is 53.6 Å². The Hall–Kier alpha value is -2.16. The number of nitrogens with zero attached hydrogens (tertiary/aromatic N) is 2. The van der Waals surface area contributed by atoms with Gasteiger partial charge in [-0.1, -0.05) is 18.2 Å². The molecular formula is C25H35IN4O2. The molecule has 2 heterocycles. The van der Waals surface area contributed by atoms with Gasteiger partial charge in [-0.2, -0.15) is 0 Å². The first kappa shape index (κ1) is 24.5. The summed E-state index contributed by atoms with van der Waals surface area (Å²) in [5.74, 6) is 2.45. The van der Waals surface area contributed by atoms with E-state index in [-0.39, 0.29) is 30.0 Å². The van der Waals surface area contributed by atoms with E-state index in [0.717, 1.165) is 49.1 Å². The molecule has 1 unspecified atom stereocenters. The largest absolute Gasteiger partial charge is 0.490 e. The minimum absolute atomic E-state index is 0. The molecule has 0 spiro atoms. The molecule has 0 bridgehead atoms. The van der Waals surface area contributed by atoms with Gasteiger partial charge < -0.3 is 25.0 Å². The number of hydrogen-bond acceptors (Lipinski definition) is 4. The lowest BCUT2D eigenvalue weighted by atomic mass is 10.1. The molecule has 1 fully saturated rings. The molecule has 2 aliphatic rings. The van der Waals surface area contributed by atoms with Crippen molar-refractivity contribution in [1.82, 2.24) is 10.6 Å². The fourth-order valence-corrected chi connectivity index (χ4v) is 4.05. The second-order valence-electron chi connectivity index (χ2n) is 8.18. The maximum Gasteiger partial charge on any atom is 0.192 e. The number of fused-ring (bicyclic) bond motifs is 1. The van der Waals surface area contributed by atoms with E-state index in [9.17, 15) is 0 Å². The van der Waals surface area contributed by atoms with Crippen molar-refractivity contribution >= 4 is 35.6 Å². The van der Waals surface area contributed by atoms with Crippen LogP contribution in [0.2, 0.25) is 0 Å². The quantitative estimate of drug-likeness (QED) is 0.305. The van der Waals surface area contributed by atoms with E-state index in [4.69, 9.17) is 14.5 Å². The molecule has 0 amide bonds. The molecule has 0 aromatic heterocycles. The third-order valence-corrected chi connectivity index (χ3v) is 5.77. The van der Waals surface area contributed by atoms with Crippen molar-refractivity contribution < 1.29 is 9.47 Å². The molecule has 1 atom stereocenters. The third-order valence-electron chi connectivity index (χ3n) is 5.77. The highest BCUT2D eigenvalue weighted by atomic mass is 127. The van der Waals surface area contributed by atoms with Crippen LogP contribution in [0.1, 0.15) is 50.3 Å². The Labute approximate surface area is 208 Å². The van der Waals surface area contributed by atoms with Crippen molar-refractivity contribution in [2.75, 3.05) is 37.7 Å². The summed E-state index contributed by atoms with van der Waals surface area (Å²) in [7, 11) is 0. The lowest BCUT2D eigenvalue weighted by molar-refractivity contribution is 0.297. The number of hydrogen-bond donors (Lipinski definition) is 2.